The summed E-state index contributed by atoms with van der Waals surface area (Å²) in [6, 6.07) is 13.5. The average Bonchev–Trinajstić information content (AvgIpc) is 2.68. The lowest BCUT2D eigenvalue weighted by Gasteiger charge is -2.14. The van der Waals surface area contributed by atoms with Crippen LogP contribution in [0.5, 0.6) is 17.2 Å². The van der Waals surface area contributed by atoms with Crippen LogP contribution in [0.25, 0.3) is 0 Å². The van der Waals surface area contributed by atoms with Crippen molar-refractivity contribution in [2.75, 3.05) is 34.4 Å². The molecule has 6 heteroatoms. The molecule has 6 nitrogen and oxygen atoms in total. The molecule has 0 spiro atoms. The Balaban J connectivity index is 1.80. The highest BCUT2D eigenvalue weighted by molar-refractivity contribution is 5.73. The topological polar surface area (TPSA) is 68.8 Å². The quantitative estimate of drug-likeness (QED) is 0.723. The van der Waals surface area contributed by atoms with E-state index in [1.54, 1.807) is 27.4 Å². The first-order valence-corrected chi connectivity index (χ1v) is 8.52. The first-order chi connectivity index (χ1) is 12.7. The molecule has 2 aromatic carbocycles. The first kappa shape index (κ1) is 19.4. The van der Waals surface area contributed by atoms with E-state index in [4.69, 9.17) is 14.2 Å². The lowest BCUT2D eigenvalue weighted by molar-refractivity contribution is 0.241. The fourth-order valence-corrected chi connectivity index (χ4v) is 2.63. The van der Waals surface area contributed by atoms with Crippen LogP contribution in [0.3, 0.4) is 0 Å². The van der Waals surface area contributed by atoms with Gasteiger partial charge in [-0.05, 0) is 30.0 Å². The summed E-state index contributed by atoms with van der Waals surface area (Å²) < 4.78 is 16.0. The molecule has 0 saturated heterocycles. The van der Waals surface area contributed by atoms with Crippen LogP contribution in [0.1, 0.15) is 11.1 Å². The van der Waals surface area contributed by atoms with Crippen LogP contribution in [0.2, 0.25) is 0 Å². The number of carbonyl (C=O) groups excluding carboxylic acids is 1. The summed E-state index contributed by atoms with van der Waals surface area (Å²) in [5, 5.41) is 5.72. The highest BCUT2D eigenvalue weighted by Crippen LogP contribution is 2.34. The van der Waals surface area contributed by atoms with Crippen molar-refractivity contribution in [3.8, 4) is 17.2 Å². The van der Waals surface area contributed by atoms with Crippen molar-refractivity contribution in [3.05, 3.63) is 53.6 Å². The number of carbonyl (C=O) groups is 1. The Bertz CT molecular complexity index is 704. The zero-order chi connectivity index (χ0) is 18.8. The Morgan fingerprint density at radius 2 is 1.38 bits per heavy atom. The zero-order valence-corrected chi connectivity index (χ0v) is 15.5. The third kappa shape index (κ3) is 5.58. The van der Waals surface area contributed by atoms with E-state index < -0.39 is 0 Å². The van der Waals surface area contributed by atoms with Gasteiger partial charge in [-0.1, -0.05) is 30.3 Å². The SMILES string of the molecule is COc1cc(OC)c(OC)cc1CCNC(=O)NCCc1ccccc1. The molecular formula is C20H26N2O4. The summed E-state index contributed by atoms with van der Waals surface area (Å²) in [6.45, 7) is 1.08. The molecule has 26 heavy (non-hydrogen) atoms. The Morgan fingerprint density at radius 3 is 2.00 bits per heavy atom. The van der Waals surface area contributed by atoms with Crippen molar-refractivity contribution in [1.82, 2.24) is 10.6 Å². The van der Waals surface area contributed by atoms with Gasteiger partial charge < -0.3 is 24.8 Å². The van der Waals surface area contributed by atoms with Gasteiger partial charge in [0.2, 0.25) is 0 Å². The van der Waals surface area contributed by atoms with Gasteiger partial charge >= 0.3 is 6.03 Å². The van der Waals surface area contributed by atoms with Gasteiger partial charge in [0, 0.05) is 19.2 Å². The first-order valence-electron chi connectivity index (χ1n) is 8.52. The summed E-state index contributed by atoms with van der Waals surface area (Å²) in [5.41, 5.74) is 2.14. The molecule has 2 aromatic rings. The highest BCUT2D eigenvalue weighted by Gasteiger charge is 2.12. The van der Waals surface area contributed by atoms with Crippen molar-refractivity contribution in [2.45, 2.75) is 12.8 Å². The number of nitrogens with one attached hydrogen (secondary N) is 2. The summed E-state index contributed by atoms with van der Waals surface area (Å²) in [7, 11) is 4.78. The van der Waals surface area contributed by atoms with E-state index in [0.717, 1.165) is 12.0 Å². The van der Waals surface area contributed by atoms with E-state index >= 15 is 0 Å². The van der Waals surface area contributed by atoms with E-state index in [9.17, 15) is 4.79 Å². The molecule has 2 rings (SSSR count). The van der Waals surface area contributed by atoms with Gasteiger partial charge in [-0.3, -0.25) is 0 Å². The lowest BCUT2D eigenvalue weighted by atomic mass is 10.1. The van der Waals surface area contributed by atoms with Gasteiger partial charge in [0.25, 0.3) is 0 Å². The molecule has 0 saturated carbocycles. The maximum absolute atomic E-state index is 11.9. The van der Waals surface area contributed by atoms with Gasteiger partial charge in [-0.15, -0.1) is 0 Å². The van der Waals surface area contributed by atoms with Crippen LogP contribution < -0.4 is 24.8 Å². The van der Waals surface area contributed by atoms with E-state index in [0.29, 0.717) is 36.8 Å². The number of hydrogen-bond acceptors (Lipinski definition) is 4. The number of hydrogen-bond donors (Lipinski definition) is 2. The van der Waals surface area contributed by atoms with Crippen molar-refractivity contribution >= 4 is 6.03 Å². The molecule has 0 radical (unpaired) electrons. The number of urea groups is 1. The summed E-state index contributed by atoms with van der Waals surface area (Å²) >= 11 is 0. The predicted molar refractivity (Wildman–Crippen MR) is 101 cm³/mol. The molecule has 0 heterocycles. The second kappa shape index (κ2) is 10.2. The Labute approximate surface area is 154 Å². The highest BCUT2D eigenvalue weighted by atomic mass is 16.5. The summed E-state index contributed by atoms with van der Waals surface area (Å²) in [5.74, 6) is 1.95. The smallest absolute Gasteiger partial charge is 0.314 e. The molecule has 2 N–H and O–H groups in total. The van der Waals surface area contributed by atoms with Crippen molar-refractivity contribution in [3.63, 3.8) is 0 Å². The van der Waals surface area contributed by atoms with E-state index in [1.165, 1.54) is 5.56 Å². The molecular weight excluding hydrogens is 332 g/mol. The van der Waals surface area contributed by atoms with Gasteiger partial charge in [-0.25, -0.2) is 4.79 Å². The second-order valence-corrected chi connectivity index (χ2v) is 5.69. The van der Waals surface area contributed by atoms with Crippen LogP contribution in [0.4, 0.5) is 4.79 Å². The molecule has 0 bridgehead atoms. The van der Waals surface area contributed by atoms with Crippen LogP contribution in [-0.4, -0.2) is 40.5 Å². The van der Waals surface area contributed by atoms with E-state index in [-0.39, 0.29) is 6.03 Å². The maximum Gasteiger partial charge on any atom is 0.314 e. The molecule has 2 amide bonds. The molecule has 0 aromatic heterocycles. The summed E-state index contributed by atoms with van der Waals surface area (Å²) in [4.78, 5) is 11.9. The summed E-state index contributed by atoms with van der Waals surface area (Å²) in [6.07, 6.45) is 1.42. The number of rotatable bonds is 9. The Morgan fingerprint density at radius 1 is 0.808 bits per heavy atom. The van der Waals surface area contributed by atoms with Crippen LogP contribution in [-0.2, 0) is 12.8 Å². The molecule has 0 aliphatic heterocycles. The van der Waals surface area contributed by atoms with Crippen molar-refractivity contribution in [1.29, 1.82) is 0 Å². The van der Waals surface area contributed by atoms with Gasteiger partial charge in [0.1, 0.15) is 5.75 Å². The molecule has 140 valence electrons. The normalized spacial score (nSPS) is 10.1. The average molecular weight is 358 g/mol. The third-order valence-corrected chi connectivity index (χ3v) is 4.01. The maximum atomic E-state index is 11.9. The van der Waals surface area contributed by atoms with Gasteiger partial charge in [0.05, 0.1) is 21.3 Å². The van der Waals surface area contributed by atoms with Gasteiger partial charge in [0.15, 0.2) is 11.5 Å². The van der Waals surface area contributed by atoms with Crippen LogP contribution >= 0.6 is 0 Å². The van der Waals surface area contributed by atoms with Crippen LogP contribution in [0, 0.1) is 0 Å². The van der Waals surface area contributed by atoms with Crippen molar-refractivity contribution in [2.24, 2.45) is 0 Å². The Hall–Kier alpha value is -2.89. The lowest BCUT2D eigenvalue weighted by Crippen LogP contribution is -2.37. The number of methoxy groups -OCH3 is 3. The van der Waals surface area contributed by atoms with Crippen LogP contribution in [0.15, 0.2) is 42.5 Å². The number of amides is 2. The van der Waals surface area contributed by atoms with Crippen molar-refractivity contribution < 1.29 is 19.0 Å². The third-order valence-electron chi connectivity index (χ3n) is 4.01. The molecule has 0 fully saturated rings. The minimum absolute atomic E-state index is 0.180. The molecule has 0 aliphatic carbocycles. The standard InChI is InChI=1S/C20H26N2O4/c1-24-17-14-19(26-3)18(25-2)13-16(17)10-12-22-20(23)21-11-9-15-7-5-4-6-8-15/h4-8,13-14H,9-12H2,1-3H3,(H2,21,22,23). The van der Waals surface area contributed by atoms with E-state index in [2.05, 4.69) is 10.6 Å². The number of benzene rings is 2. The zero-order valence-electron chi connectivity index (χ0n) is 15.5. The largest absolute Gasteiger partial charge is 0.496 e. The molecule has 0 atom stereocenters. The second-order valence-electron chi connectivity index (χ2n) is 5.69. The fraction of sp³-hybridized carbons (Fsp3) is 0.350. The fourth-order valence-electron chi connectivity index (χ4n) is 2.63. The minimum atomic E-state index is -0.180. The van der Waals surface area contributed by atoms with Gasteiger partial charge in [-0.2, -0.15) is 0 Å². The predicted octanol–water partition coefficient (Wildman–Crippen LogP) is 2.80. The monoisotopic (exact) mass is 358 g/mol. The molecule has 0 aliphatic rings. The minimum Gasteiger partial charge on any atom is -0.496 e. The van der Waals surface area contributed by atoms with E-state index in [1.807, 2.05) is 36.4 Å². The Kier molecular flexibility index (Phi) is 7.61. The number of ether oxygens (including phenoxy) is 3. The molecule has 0 unspecified atom stereocenters.